The molecule has 0 atom stereocenters. The van der Waals surface area contributed by atoms with Crippen LogP contribution in [0, 0.1) is 0 Å². The molecule has 0 bridgehead atoms. The van der Waals surface area contributed by atoms with Gasteiger partial charge >= 0.3 is 0 Å². The third-order valence-corrected chi connectivity index (χ3v) is 6.33. The first-order chi connectivity index (χ1) is 12.0. The predicted octanol–water partition coefficient (Wildman–Crippen LogP) is 0.314. The molecule has 0 spiro atoms. The molecule has 136 valence electrons. The number of ether oxygens (including phenoxy) is 1. The number of thiophene rings is 1. The van der Waals surface area contributed by atoms with E-state index in [0.717, 1.165) is 11.3 Å². The number of rotatable bonds is 6. The summed E-state index contributed by atoms with van der Waals surface area (Å²) >= 11 is 1.16. The van der Waals surface area contributed by atoms with E-state index in [4.69, 9.17) is 4.74 Å². The summed E-state index contributed by atoms with van der Waals surface area (Å²) in [6.45, 7) is 2.61. The number of hydrogen-bond acceptors (Lipinski definition) is 9. The van der Waals surface area contributed by atoms with E-state index < -0.39 is 10.0 Å². The van der Waals surface area contributed by atoms with Crippen LogP contribution >= 0.6 is 11.3 Å². The second-order valence-electron chi connectivity index (χ2n) is 5.60. The summed E-state index contributed by atoms with van der Waals surface area (Å²) in [4.78, 5) is 17.0. The number of sulfonamides is 1. The van der Waals surface area contributed by atoms with Crippen molar-refractivity contribution in [3.63, 3.8) is 0 Å². The Balaban J connectivity index is 1.81. The molecule has 11 heteroatoms. The number of anilines is 2. The number of morpholine rings is 1. The molecule has 25 heavy (non-hydrogen) atoms. The zero-order chi connectivity index (χ0) is 17.9. The van der Waals surface area contributed by atoms with Crippen LogP contribution in [0.15, 0.2) is 21.7 Å². The van der Waals surface area contributed by atoms with Crippen molar-refractivity contribution in [3.05, 3.63) is 23.3 Å². The van der Waals surface area contributed by atoms with Crippen molar-refractivity contribution in [2.24, 2.45) is 0 Å². The monoisotopic (exact) mass is 384 g/mol. The lowest BCUT2D eigenvalue weighted by Gasteiger charge is -2.27. The molecular formula is C14H20N6O3S2. The average molecular weight is 384 g/mol. The van der Waals surface area contributed by atoms with E-state index in [-0.39, 0.29) is 10.8 Å². The molecule has 3 heterocycles. The number of aromatic nitrogens is 3. The Labute approximate surface area is 150 Å². The third-order valence-electron chi connectivity index (χ3n) is 3.53. The van der Waals surface area contributed by atoms with Gasteiger partial charge in [0.15, 0.2) is 5.82 Å². The molecule has 2 aromatic rings. The lowest BCUT2D eigenvalue weighted by molar-refractivity contribution is 0.122. The minimum absolute atomic E-state index is 0.000926. The SMILES string of the molecule is CN(C)c1nc(CNS(=O)(=O)c2cccs2)nc(N2CCOCC2)n1. The van der Waals surface area contributed by atoms with Crippen LogP contribution in [0.1, 0.15) is 5.82 Å². The second kappa shape index (κ2) is 7.60. The summed E-state index contributed by atoms with van der Waals surface area (Å²) in [5, 5.41) is 1.72. The van der Waals surface area contributed by atoms with E-state index in [1.807, 2.05) is 19.0 Å². The topological polar surface area (TPSA) is 101 Å². The lowest BCUT2D eigenvalue weighted by Crippen LogP contribution is -2.38. The first-order valence-electron chi connectivity index (χ1n) is 7.74. The van der Waals surface area contributed by atoms with Crippen molar-refractivity contribution >= 4 is 33.3 Å². The van der Waals surface area contributed by atoms with Crippen LogP contribution in [-0.2, 0) is 21.3 Å². The van der Waals surface area contributed by atoms with Gasteiger partial charge in [0.2, 0.25) is 21.9 Å². The van der Waals surface area contributed by atoms with Gasteiger partial charge in [-0.15, -0.1) is 11.3 Å². The molecule has 1 saturated heterocycles. The van der Waals surface area contributed by atoms with Gasteiger partial charge in [0.05, 0.1) is 19.8 Å². The van der Waals surface area contributed by atoms with Gasteiger partial charge in [-0.2, -0.15) is 15.0 Å². The van der Waals surface area contributed by atoms with Gasteiger partial charge < -0.3 is 14.5 Å². The fourth-order valence-corrected chi connectivity index (χ4v) is 4.24. The van der Waals surface area contributed by atoms with Crippen molar-refractivity contribution < 1.29 is 13.2 Å². The van der Waals surface area contributed by atoms with Gasteiger partial charge in [0.1, 0.15) is 4.21 Å². The lowest BCUT2D eigenvalue weighted by atomic mass is 10.4. The number of nitrogens with one attached hydrogen (secondary N) is 1. The quantitative estimate of drug-likeness (QED) is 0.760. The molecule has 9 nitrogen and oxygen atoms in total. The number of nitrogens with zero attached hydrogens (tertiary/aromatic N) is 5. The van der Waals surface area contributed by atoms with Crippen LogP contribution in [0.25, 0.3) is 0 Å². The van der Waals surface area contributed by atoms with E-state index in [2.05, 4.69) is 19.7 Å². The third kappa shape index (κ3) is 4.42. The summed E-state index contributed by atoms with van der Waals surface area (Å²) < 4.78 is 32.7. The summed E-state index contributed by atoms with van der Waals surface area (Å²) in [6.07, 6.45) is 0. The van der Waals surface area contributed by atoms with Gasteiger partial charge in [-0.3, -0.25) is 0 Å². The predicted molar refractivity (Wildman–Crippen MR) is 95.5 cm³/mol. The maximum atomic E-state index is 12.3. The summed E-state index contributed by atoms with van der Waals surface area (Å²) in [7, 11) is 0.0977. The van der Waals surface area contributed by atoms with E-state index in [1.54, 1.807) is 22.4 Å². The average Bonchev–Trinajstić information content (AvgIpc) is 3.16. The van der Waals surface area contributed by atoms with Crippen molar-refractivity contribution in [3.8, 4) is 0 Å². The molecule has 0 amide bonds. The minimum atomic E-state index is -3.57. The van der Waals surface area contributed by atoms with E-state index in [0.29, 0.717) is 44.0 Å². The highest BCUT2D eigenvalue weighted by atomic mass is 32.2. The van der Waals surface area contributed by atoms with Crippen LogP contribution in [-0.4, -0.2) is 63.8 Å². The van der Waals surface area contributed by atoms with E-state index >= 15 is 0 Å². The van der Waals surface area contributed by atoms with Gasteiger partial charge in [-0.25, -0.2) is 13.1 Å². The van der Waals surface area contributed by atoms with Crippen LogP contribution < -0.4 is 14.5 Å². The molecule has 3 rings (SSSR count). The highest BCUT2D eigenvalue weighted by Gasteiger charge is 2.19. The smallest absolute Gasteiger partial charge is 0.250 e. The van der Waals surface area contributed by atoms with E-state index in [9.17, 15) is 8.42 Å². The first kappa shape index (κ1) is 18.0. The van der Waals surface area contributed by atoms with Crippen molar-refractivity contribution in [2.75, 3.05) is 50.2 Å². The zero-order valence-corrected chi connectivity index (χ0v) is 15.7. The molecular weight excluding hydrogens is 364 g/mol. The summed E-state index contributed by atoms with van der Waals surface area (Å²) in [5.41, 5.74) is 0. The van der Waals surface area contributed by atoms with Crippen LogP contribution in [0.5, 0.6) is 0 Å². The highest BCUT2D eigenvalue weighted by Crippen LogP contribution is 2.17. The Morgan fingerprint density at radius 2 is 2.04 bits per heavy atom. The normalized spacial score (nSPS) is 15.4. The van der Waals surface area contributed by atoms with Gasteiger partial charge in [0, 0.05) is 27.2 Å². The fourth-order valence-electron chi connectivity index (χ4n) is 2.23. The fraction of sp³-hybridized carbons (Fsp3) is 0.500. The van der Waals surface area contributed by atoms with Crippen molar-refractivity contribution in [2.45, 2.75) is 10.8 Å². The molecule has 1 aliphatic rings. The first-order valence-corrected chi connectivity index (χ1v) is 10.1. The molecule has 0 radical (unpaired) electrons. The summed E-state index contributed by atoms with van der Waals surface area (Å²) in [5.74, 6) is 1.40. The Bertz CT molecular complexity index is 804. The molecule has 2 aromatic heterocycles. The molecule has 0 saturated carbocycles. The second-order valence-corrected chi connectivity index (χ2v) is 8.54. The van der Waals surface area contributed by atoms with Crippen LogP contribution in [0.4, 0.5) is 11.9 Å². The van der Waals surface area contributed by atoms with Crippen LogP contribution in [0.3, 0.4) is 0 Å². The van der Waals surface area contributed by atoms with Gasteiger partial charge in [0.25, 0.3) is 0 Å². The van der Waals surface area contributed by atoms with Crippen molar-refractivity contribution in [1.82, 2.24) is 19.7 Å². The van der Waals surface area contributed by atoms with Gasteiger partial charge in [-0.05, 0) is 11.4 Å². The standard InChI is InChI=1S/C14H20N6O3S2/c1-19(2)13-16-11(10-15-25(21,22)12-4-3-9-24-12)17-14(18-13)20-5-7-23-8-6-20/h3-4,9,15H,5-8,10H2,1-2H3. The van der Waals surface area contributed by atoms with Crippen molar-refractivity contribution in [1.29, 1.82) is 0 Å². The Morgan fingerprint density at radius 1 is 1.28 bits per heavy atom. The molecule has 0 aromatic carbocycles. The maximum absolute atomic E-state index is 12.3. The van der Waals surface area contributed by atoms with E-state index in [1.165, 1.54) is 0 Å². The molecule has 1 aliphatic heterocycles. The molecule has 1 N–H and O–H groups in total. The zero-order valence-electron chi connectivity index (χ0n) is 14.0. The van der Waals surface area contributed by atoms with Gasteiger partial charge in [-0.1, -0.05) is 6.07 Å². The minimum Gasteiger partial charge on any atom is -0.378 e. The molecule has 1 fully saturated rings. The molecule has 0 aliphatic carbocycles. The maximum Gasteiger partial charge on any atom is 0.250 e. The largest absolute Gasteiger partial charge is 0.378 e. The Hall–Kier alpha value is -1.82. The Kier molecular flexibility index (Phi) is 5.47. The summed E-state index contributed by atoms with van der Waals surface area (Å²) in [6, 6.07) is 3.26. The van der Waals surface area contributed by atoms with Crippen LogP contribution in [0.2, 0.25) is 0 Å². The Morgan fingerprint density at radius 3 is 2.68 bits per heavy atom. The highest BCUT2D eigenvalue weighted by molar-refractivity contribution is 7.91. The number of hydrogen-bond donors (Lipinski definition) is 1. The molecule has 0 unspecified atom stereocenters.